The van der Waals surface area contributed by atoms with E-state index in [0.717, 1.165) is 38.5 Å². The van der Waals surface area contributed by atoms with Crippen molar-refractivity contribution in [3.8, 4) is 16.3 Å². The number of hydrogen-bond acceptors (Lipinski definition) is 8. The fraction of sp³-hybridized carbons (Fsp3) is 0.100. The molecule has 0 spiro atoms. The fourth-order valence-electron chi connectivity index (χ4n) is 4.45. The van der Waals surface area contributed by atoms with Crippen LogP contribution in [0.2, 0.25) is 0 Å². The molecule has 0 aliphatic rings. The van der Waals surface area contributed by atoms with E-state index in [2.05, 4.69) is 25.6 Å². The number of hydrogen-bond donors (Lipinski definition) is 3. The maximum atomic E-state index is 13.7. The minimum atomic E-state index is -0.964. The number of amides is 1. The zero-order valence-electron chi connectivity index (χ0n) is 22.3. The second kappa shape index (κ2) is 11.3. The van der Waals surface area contributed by atoms with Gasteiger partial charge in [-0.25, -0.2) is 23.7 Å². The molecule has 42 heavy (non-hydrogen) atoms. The third-order valence-corrected chi connectivity index (χ3v) is 7.80. The van der Waals surface area contributed by atoms with Gasteiger partial charge in [-0.1, -0.05) is 12.1 Å². The molecule has 1 unspecified atom stereocenters. The van der Waals surface area contributed by atoms with E-state index in [1.54, 1.807) is 59.7 Å². The van der Waals surface area contributed by atoms with Crippen LogP contribution in [-0.2, 0) is 6.54 Å². The van der Waals surface area contributed by atoms with Crippen LogP contribution in [0.15, 0.2) is 85.5 Å². The second-order valence-electron chi connectivity index (χ2n) is 9.47. The summed E-state index contributed by atoms with van der Waals surface area (Å²) in [5, 5.41) is 6.07. The second-order valence-corrected chi connectivity index (χ2v) is 10.6. The lowest BCUT2D eigenvalue weighted by atomic mass is 10.1. The molecule has 12 heteroatoms. The van der Waals surface area contributed by atoms with Gasteiger partial charge < -0.3 is 16.4 Å². The number of nitrogen functional groups attached to an aromatic ring is 1. The topological polar surface area (TPSA) is 124 Å². The Balaban J connectivity index is 1.16. The number of anilines is 2. The molecule has 0 bridgehead atoms. The van der Waals surface area contributed by atoms with E-state index < -0.39 is 17.7 Å². The highest BCUT2D eigenvalue weighted by atomic mass is 32.1. The summed E-state index contributed by atoms with van der Waals surface area (Å²) in [6.45, 7) is 2.14. The van der Waals surface area contributed by atoms with Crippen LogP contribution in [0.4, 0.5) is 20.5 Å². The van der Waals surface area contributed by atoms with Gasteiger partial charge in [-0.05, 0) is 66.6 Å². The number of thiophene rings is 1. The predicted octanol–water partition coefficient (Wildman–Crippen LogP) is 5.90. The van der Waals surface area contributed by atoms with Gasteiger partial charge in [0.05, 0.1) is 35.4 Å². The minimum Gasteiger partial charge on any atom is -0.369 e. The highest BCUT2D eigenvalue weighted by Crippen LogP contribution is 2.31. The molecule has 1 atom stereocenters. The first-order chi connectivity index (χ1) is 20.4. The Hall–Kier alpha value is -5.23. The van der Waals surface area contributed by atoms with Crippen LogP contribution in [0.25, 0.3) is 27.3 Å². The normalized spacial score (nSPS) is 11.9. The molecular formula is C30H24F2N8OS. The monoisotopic (exact) mass is 582 g/mol. The highest BCUT2D eigenvalue weighted by Gasteiger charge is 2.17. The molecule has 0 aliphatic heterocycles. The van der Waals surface area contributed by atoms with Gasteiger partial charge in [0.2, 0.25) is 5.95 Å². The Morgan fingerprint density at radius 3 is 2.69 bits per heavy atom. The van der Waals surface area contributed by atoms with Gasteiger partial charge in [-0.2, -0.15) is 0 Å². The van der Waals surface area contributed by atoms with E-state index >= 15 is 0 Å². The summed E-state index contributed by atoms with van der Waals surface area (Å²) < 4.78 is 28.6. The van der Waals surface area contributed by atoms with Gasteiger partial charge in [0.25, 0.3) is 5.91 Å². The number of pyridine rings is 1. The van der Waals surface area contributed by atoms with E-state index in [1.807, 2.05) is 30.3 Å². The molecule has 4 N–H and O–H groups in total. The number of fused-ring (bicyclic) bond motifs is 1. The number of rotatable bonds is 8. The van der Waals surface area contributed by atoms with E-state index in [0.29, 0.717) is 35.3 Å². The van der Waals surface area contributed by atoms with Crippen molar-refractivity contribution < 1.29 is 13.6 Å². The van der Waals surface area contributed by atoms with Gasteiger partial charge in [0, 0.05) is 28.3 Å². The van der Waals surface area contributed by atoms with Crippen molar-refractivity contribution in [3.05, 3.63) is 113 Å². The molecule has 4 heterocycles. The number of aromatic nitrogens is 5. The molecule has 0 aliphatic carbocycles. The number of benzene rings is 2. The lowest BCUT2D eigenvalue weighted by Crippen LogP contribution is -2.27. The lowest BCUT2D eigenvalue weighted by molar-refractivity contribution is 0.0940. The van der Waals surface area contributed by atoms with Crippen molar-refractivity contribution in [2.75, 3.05) is 11.1 Å². The molecule has 9 nitrogen and oxygen atoms in total. The van der Waals surface area contributed by atoms with Crippen molar-refractivity contribution >= 4 is 40.0 Å². The van der Waals surface area contributed by atoms with Gasteiger partial charge in [-0.15, -0.1) is 11.3 Å². The summed E-state index contributed by atoms with van der Waals surface area (Å²) in [5.41, 5.74) is 9.20. The largest absolute Gasteiger partial charge is 0.369 e. The summed E-state index contributed by atoms with van der Waals surface area (Å²) in [6.07, 6.45) is 6.59. The Kier molecular flexibility index (Phi) is 7.28. The molecule has 0 fully saturated rings. The zero-order chi connectivity index (χ0) is 29.2. The van der Waals surface area contributed by atoms with Gasteiger partial charge in [-0.3, -0.25) is 14.3 Å². The number of imidazole rings is 1. The Morgan fingerprint density at radius 1 is 1.00 bits per heavy atom. The fourth-order valence-corrected chi connectivity index (χ4v) is 5.39. The minimum absolute atomic E-state index is 0.335. The van der Waals surface area contributed by atoms with Crippen molar-refractivity contribution in [1.82, 2.24) is 29.8 Å². The van der Waals surface area contributed by atoms with E-state index in [4.69, 9.17) is 10.7 Å². The third kappa shape index (κ3) is 5.52. The summed E-state index contributed by atoms with van der Waals surface area (Å²) in [6, 6.07) is 16.3. The van der Waals surface area contributed by atoms with Gasteiger partial charge in [0.1, 0.15) is 5.82 Å². The molecule has 1 amide bonds. The molecule has 2 aromatic carbocycles. The Labute approximate surface area is 243 Å². The standard InChI is InChI=1S/C30H24F2N8OS/c1-17(18-4-7-22(31)23(32)13-18)38-29(41)21-3-2-10-34-28(21)37-15-20-6-9-26(42-20)19-5-8-24-25(14-19)39-27(16-36-24)40-12-11-35-30(40)33/h2-14,16-17H,15H2,1H3,(H2,33,35)(H,34,37)(H,38,41). The first-order valence-corrected chi connectivity index (χ1v) is 13.8. The number of halogens is 2. The average molecular weight is 583 g/mol. The summed E-state index contributed by atoms with van der Waals surface area (Å²) in [5.74, 6) is -0.957. The quantitative estimate of drug-likeness (QED) is 0.204. The van der Waals surface area contributed by atoms with E-state index in [-0.39, 0.29) is 5.91 Å². The van der Waals surface area contributed by atoms with Crippen LogP contribution < -0.4 is 16.4 Å². The van der Waals surface area contributed by atoms with E-state index in [1.165, 1.54) is 6.07 Å². The summed E-state index contributed by atoms with van der Waals surface area (Å²) in [7, 11) is 0. The maximum absolute atomic E-state index is 13.7. The molecule has 210 valence electrons. The first-order valence-electron chi connectivity index (χ1n) is 13.0. The number of nitrogens with zero attached hydrogens (tertiary/aromatic N) is 5. The molecule has 0 saturated carbocycles. The average Bonchev–Trinajstić information content (AvgIpc) is 3.66. The van der Waals surface area contributed by atoms with Crippen LogP contribution >= 0.6 is 11.3 Å². The van der Waals surface area contributed by atoms with Gasteiger partial charge >= 0.3 is 0 Å². The number of carbonyl (C=O) groups is 1. The summed E-state index contributed by atoms with van der Waals surface area (Å²) >= 11 is 1.60. The van der Waals surface area contributed by atoms with Gasteiger partial charge in [0.15, 0.2) is 17.5 Å². The van der Waals surface area contributed by atoms with Crippen molar-refractivity contribution in [1.29, 1.82) is 0 Å². The van der Waals surface area contributed by atoms with Crippen molar-refractivity contribution in [2.24, 2.45) is 0 Å². The zero-order valence-corrected chi connectivity index (χ0v) is 23.1. The van der Waals surface area contributed by atoms with Crippen LogP contribution in [0.3, 0.4) is 0 Å². The van der Waals surface area contributed by atoms with E-state index in [9.17, 15) is 13.6 Å². The predicted molar refractivity (Wildman–Crippen MR) is 158 cm³/mol. The third-order valence-electron chi connectivity index (χ3n) is 6.67. The SMILES string of the molecule is CC(NC(=O)c1cccnc1NCc1ccc(-c2ccc3ncc(-n4ccnc4N)nc3c2)s1)c1ccc(F)c(F)c1. The molecule has 4 aromatic heterocycles. The Morgan fingerprint density at radius 2 is 1.88 bits per heavy atom. The van der Waals surface area contributed by atoms with Crippen LogP contribution in [-0.4, -0.2) is 30.4 Å². The lowest BCUT2D eigenvalue weighted by Gasteiger charge is -2.16. The van der Waals surface area contributed by atoms with Crippen LogP contribution in [0.5, 0.6) is 0 Å². The number of carbonyl (C=O) groups excluding carboxylic acids is 1. The molecule has 6 aromatic rings. The molecule has 6 rings (SSSR count). The first kappa shape index (κ1) is 27.0. The van der Waals surface area contributed by atoms with Crippen LogP contribution in [0.1, 0.15) is 33.8 Å². The number of nitrogens with one attached hydrogen (secondary N) is 2. The van der Waals surface area contributed by atoms with Crippen LogP contribution in [0, 0.1) is 11.6 Å². The molecular weight excluding hydrogens is 558 g/mol. The maximum Gasteiger partial charge on any atom is 0.255 e. The van der Waals surface area contributed by atoms with Crippen molar-refractivity contribution in [2.45, 2.75) is 19.5 Å². The Bertz CT molecular complexity index is 1920. The van der Waals surface area contributed by atoms with Crippen molar-refractivity contribution in [3.63, 3.8) is 0 Å². The highest BCUT2D eigenvalue weighted by molar-refractivity contribution is 7.15. The smallest absolute Gasteiger partial charge is 0.255 e. The molecule has 0 radical (unpaired) electrons. The molecule has 0 saturated heterocycles. The number of nitrogens with two attached hydrogens (primary N) is 1. The summed E-state index contributed by atoms with van der Waals surface area (Å²) in [4.78, 5) is 32.7.